The number of nitrogens with zero attached hydrogens (tertiary/aromatic N) is 1. The number of hydrogen-bond acceptors (Lipinski definition) is 1. The van der Waals surface area contributed by atoms with E-state index in [0.717, 1.165) is 5.92 Å². The van der Waals surface area contributed by atoms with E-state index in [1.54, 1.807) is 0 Å². The van der Waals surface area contributed by atoms with Gasteiger partial charge in [-0.25, -0.2) is 0 Å². The van der Waals surface area contributed by atoms with Crippen LogP contribution >= 0.6 is 0 Å². The van der Waals surface area contributed by atoms with Crippen LogP contribution in [0, 0.1) is 5.92 Å². The van der Waals surface area contributed by atoms with Crippen LogP contribution in [-0.2, 0) is 0 Å². The van der Waals surface area contributed by atoms with Crippen LogP contribution in [-0.4, -0.2) is 24.5 Å². The Kier molecular flexibility index (Phi) is 3.20. The summed E-state index contributed by atoms with van der Waals surface area (Å²) in [5.41, 5.74) is 0. The van der Waals surface area contributed by atoms with Gasteiger partial charge in [0.25, 0.3) is 0 Å². The summed E-state index contributed by atoms with van der Waals surface area (Å²) in [5, 5.41) is 0. The van der Waals surface area contributed by atoms with Gasteiger partial charge >= 0.3 is 0 Å². The molecule has 0 unspecified atom stereocenters. The van der Waals surface area contributed by atoms with E-state index in [0.29, 0.717) is 0 Å². The minimum atomic E-state index is 1.10. The maximum atomic E-state index is 2.51. The molecule has 0 saturated heterocycles. The third-order valence-electron chi connectivity index (χ3n) is 2.44. The summed E-state index contributed by atoms with van der Waals surface area (Å²) in [6.07, 6.45) is 4.45. The molecule has 1 saturated carbocycles. The first-order chi connectivity index (χ1) is 4.86. The fourth-order valence-corrected chi connectivity index (χ4v) is 1.31. The topological polar surface area (TPSA) is 3.24 Å². The van der Waals surface area contributed by atoms with E-state index in [-0.39, 0.29) is 0 Å². The Bertz CT molecular complexity index is 82.7. The standard InChI is InChI=1S/C9H19N/c1-3-10(4-2)8-7-9-5-6-9/h9H,3-8H2,1-2H3. The largest absolute Gasteiger partial charge is 0.304 e. The lowest BCUT2D eigenvalue weighted by molar-refractivity contribution is 0.293. The second-order valence-electron chi connectivity index (χ2n) is 3.26. The van der Waals surface area contributed by atoms with Crippen LogP contribution in [0.5, 0.6) is 0 Å². The van der Waals surface area contributed by atoms with E-state index in [2.05, 4.69) is 18.7 Å². The third-order valence-corrected chi connectivity index (χ3v) is 2.44. The Morgan fingerprint density at radius 2 is 1.80 bits per heavy atom. The van der Waals surface area contributed by atoms with E-state index in [9.17, 15) is 0 Å². The van der Waals surface area contributed by atoms with Gasteiger partial charge in [0.15, 0.2) is 0 Å². The lowest BCUT2D eigenvalue weighted by Crippen LogP contribution is -2.24. The molecule has 0 bridgehead atoms. The van der Waals surface area contributed by atoms with E-state index >= 15 is 0 Å². The van der Waals surface area contributed by atoms with Gasteiger partial charge in [-0.2, -0.15) is 0 Å². The highest BCUT2D eigenvalue weighted by atomic mass is 15.1. The van der Waals surface area contributed by atoms with Crippen molar-refractivity contribution in [3.8, 4) is 0 Å². The maximum absolute atomic E-state index is 2.51. The second-order valence-corrected chi connectivity index (χ2v) is 3.26. The predicted molar refractivity (Wildman–Crippen MR) is 45.1 cm³/mol. The molecule has 1 heteroatoms. The van der Waals surface area contributed by atoms with E-state index in [1.165, 1.54) is 38.9 Å². The van der Waals surface area contributed by atoms with E-state index in [4.69, 9.17) is 0 Å². The Balaban J connectivity index is 1.97. The van der Waals surface area contributed by atoms with Crippen molar-refractivity contribution in [3.05, 3.63) is 0 Å². The molecule has 0 spiro atoms. The van der Waals surface area contributed by atoms with Crippen LogP contribution in [0.25, 0.3) is 0 Å². The highest BCUT2D eigenvalue weighted by Gasteiger charge is 2.20. The molecule has 1 aliphatic carbocycles. The Morgan fingerprint density at radius 1 is 1.20 bits per heavy atom. The molecular weight excluding hydrogens is 122 g/mol. The Morgan fingerprint density at radius 3 is 2.20 bits per heavy atom. The van der Waals surface area contributed by atoms with Crippen LogP contribution in [0.15, 0.2) is 0 Å². The third kappa shape index (κ3) is 2.70. The van der Waals surface area contributed by atoms with Crippen LogP contribution in [0.1, 0.15) is 33.1 Å². The van der Waals surface area contributed by atoms with Gasteiger partial charge in [0, 0.05) is 0 Å². The molecule has 60 valence electrons. The van der Waals surface area contributed by atoms with Crippen molar-refractivity contribution >= 4 is 0 Å². The first kappa shape index (κ1) is 8.06. The zero-order valence-electron chi connectivity index (χ0n) is 7.27. The molecule has 1 aliphatic rings. The van der Waals surface area contributed by atoms with E-state index in [1.807, 2.05) is 0 Å². The summed E-state index contributed by atoms with van der Waals surface area (Å²) >= 11 is 0. The van der Waals surface area contributed by atoms with Gasteiger partial charge < -0.3 is 4.90 Å². The molecule has 0 aliphatic heterocycles. The lowest BCUT2D eigenvalue weighted by atomic mass is 10.3. The summed E-state index contributed by atoms with van der Waals surface area (Å²) < 4.78 is 0. The smallest absolute Gasteiger partial charge is 0.00163 e. The fourth-order valence-electron chi connectivity index (χ4n) is 1.31. The first-order valence-electron chi connectivity index (χ1n) is 4.59. The Labute approximate surface area is 64.4 Å². The molecule has 0 amide bonds. The molecule has 0 aromatic heterocycles. The fraction of sp³-hybridized carbons (Fsp3) is 1.00. The van der Waals surface area contributed by atoms with Crippen LogP contribution in [0.4, 0.5) is 0 Å². The summed E-state index contributed by atoms with van der Waals surface area (Å²) in [6, 6.07) is 0. The molecule has 0 atom stereocenters. The SMILES string of the molecule is CCN(CC)CCC1CC1. The van der Waals surface area contributed by atoms with Crippen LogP contribution < -0.4 is 0 Å². The minimum absolute atomic E-state index is 1.10. The van der Waals surface area contributed by atoms with Crippen molar-refractivity contribution in [2.45, 2.75) is 33.1 Å². The normalized spacial score (nSPS) is 18.3. The van der Waals surface area contributed by atoms with Gasteiger partial charge in [-0.05, 0) is 32.0 Å². The monoisotopic (exact) mass is 141 g/mol. The number of hydrogen-bond donors (Lipinski definition) is 0. The quantitative estimate of drug-likeness (QED) is 0.567. The van der Waals surface area contributed by atoms with Crippen LogP contribution in [0.2, 0.25) is 0 Å². The van der Waals surface area contributed by atoms with Gasteiger partial charge in [0.2, 0.25) is 0 Å². The first-order valence-corrected chi connectivity index (χ1v) is 4.59. The van der Waals surface area contributed by atoms with Gasteiger partial charge in [-0.15, -0.1) is 0 Å². The molecule has 1 fully saturated rings. The highest BCUT2D eigenvalue weighted by molar-refractivity contribution is 4.74. The molecular formula is C9H19N. The molecule has 1 rings (SSSR count). The molecule has 0 aromatic rings. The van der Waals surface area contributed by atoms with Crippen molar-refractivity contribution in [3.63, 3.8) is 0 Å². The van der Waals surface area contributed by atoms with E-state index < -0.39 is 0 Å². The van der Waals surface area contributed by atoms with Crippen molar-refractivity contribution in [1.82, 2.24) is 4.90 Å². The zero-order chi connectivity index (χ0) is 7.40. The molecule has 10 heavy (non-hydrogen) atoms. The molecule has 1 nitrogen and oxygen atoms in total. The van der Waals surface area contributed by atoms with Gasteiger partial charge in [0.05, 0.1) is 0 Å². The lowest BCUT2D eigenvalue weighted by Gasteiger charge is -2.16. The summed E-state index contributed by atoms with van der Waals surface area (Å²) in [7, 11) is 0. The second kappa shape index (κ2) is 3.97. The minimum Gasteiger partial charge on any atom is -0.304 e. The highest BCUT2D eigenvalue weighted by Crippen LogP contribution is 2.32. The number of rotatable bonds is 5. The van der Waals surface area contributed by atoms with Crippen LogP contribution in [0.3, 0.4) is 0 Å². The zero-order valence-corrected chi connectivity index (χ0v) is 7.27. The van der Waals surface area contributed by atoms with Gasteiger partial charge in [0.1, 0.15) is 0 Å². The summed E-state index contributed by atoms with van der Waals surface area (Å²) in [5.74, 6) is 1.10. The van der Waals surface area contributed by atoms with Gasteiger partial charge in [-0.3, -0.25) is 0 Å². The molecule has 0 N–H and O–H groups in total. The van der Waals surface area contributed by atoms with Crippen molar-refractivity contribution in [2.24, 2.45) is 5.92 Å². The van der Waals surface area contributed by atoms with Crippen molar-refractivity contribution in [2.75, 3.05) is 19.6 Å². The van der Waals surface area contributed by atoms with Crippen molar-refractivity contribution in [1.29, 1.82) is 0 Å². The Hall–Kier alpha value is -0.0400. The van der Waals surface area contributed by atoms with Gasteiger partial charge in [-0.1, -0.05) is 26.7 Å². The summed E-state index contributed by atoms with van der Waals surface area (Å²) in [6.45, 7) is 8.27. The average Bonchev–Trinajstić information content (AvgIpc) is 2.74. The summed E-state index contributed by atoms with van der Waals surface area (Å²) in [4.78, 5) is 2.51. The average molecular weight is 141 g/mol. The molecule has 0 radical (unpaired) electrons. The van der Waals surface area contributed by atoms with Crippen molar-refractivity contribution < 1.29 is 0 Å². The predicted octanol–water partition coefficient (Wildman–Crippen LogP) is 2.13. The maximum Gasteiger partial charge on any atom is -0.00163 e. The molecule has 0 heterocycles. The molecule has 0 aromatic carbocycles.